The molecule has 2 N–H and O–H groups in total. The fourth-order valence-corrected chi connectivity index (χ4v) is 3.21. The summed E-state index contributed by atoms with van der Waals surface area (Å²) in [5, 5.41) is 3.86. The molecule has 3 aromatic rings. The minimum Gasteiger partial charge on any atom is -0.361 e. The number of nitrogens with zero attached hydrogens (tertiary/aromatic N) is 1. The first-order valence-corrected chi connectivity index (χ1v) is 7.73. The van der Waals surface area contributed by atoms with Crippen molar-refractivity contribution in [2.75, 3.05) is 11.9 Å². The number of hydrogen-bond acceptors (Lipinski definition) is 2. The molecule has 0 saturated heterocycles. The Labute approximate surface area is 141 Å². The minimum absolute atomic E-state index is 0.239. The molecule has 0 aliphatic carbocycles. The molecule has 0 saturated carbocycles. The van der Waals surface area contributed by atoms with Gasteiger partial charge >= 0.3 is 6.18 Å². The van der Waals surface area contributed by atoms with Crippen molar-refractivity contribution in [2.45, 2.75) is 12.3 Å². The molecular weight excluding hydrogens is 331 g/mol. The summed E-state index contributed by atoms with van der Waals surface area (Å²) in [5.74, 6) is -0.637. The zero-order chi connectivity index (χ0) is 17.6. The molecule has 25 heavy (non-hydrogen) atoms. The molecule has 0 fully saturated rings. The number of fused-ring (bicyclic) bond motifs is 2. The average molecular weight is 345 g/mol. The number of H-pyrrole nitrogens is 1. The van der Waals surface area contributed by atoms with Gasteiger partial charge in [-0.2, -0.15) is 13.2 Å². The third-order valence-corrected chi connectivity index (χ3v) is 4.29. The van der Waals surface area contributed by atoms with Crippen LogP contribution in [0.25, 0.3) is 10.9 Å². The van der Waals surface area contributed by atoms with Gasteiger partial charge in [0.2, 0.25) is 0 Å². The maximum atomic E-state index is 13.1. The highest BCUT2D eigenvalue weighted by atomic mass is 19.4. The van der Waals surface area contributed by atoms with Crippen LogP contribution in [0.15, 0.2) is 54.7 Å². The number of para-hydroxylation sites is 2. The van der Waals surface area contributed by atoms with Gasteiger partial charge in [0.15, 0.2) is 0 Å². The van der Waals surface area contributed by atoms with Crippen molar-refractivity contribution in [3.8, 4) is 0 Å². The van der Waals surface area contributed by atoms with Crippen LogP contribution in [0.3, 0.4) is 0 Å². The second-order valence-corrected chi connectivity index (χ2v) is 5.93. The van der Waals surface area contributed by atoms with Crippen molar-refractivity contribution in [1.29, 1.82) is 0 Å². The highest BCUT2D eigenvalue weighted by Gasteiger charge is 2.41. The predicted octanol–water partition coefficient (Wildman–Crippen LogP) is 4.30. The Morgan fingerprint density at radius 3 is 2.56 bits per heavy atom. The van der Waals surface area contributed by atoms with Gasteiger partial charge < -0.3 is 15.2 Å². The van der Waals surface area contributed by atoms with Gasteiger partial charge in [0.25, 0.3) is 5.91 Å². The number of nitrogens with one attached hydrogen (secondary N) is 2. The predicted molar refractivity (Wildman–Crippen MR) is 88.2 cm³/mol. The number of rotatable bonds is 2. The summed E-state index contributed by atoms with van der Waals surface area (Å²) in [4.78, 5) is 16.6. The lowest BCUT2D eigenvalue weighted by molar-refractivity contribution is -0.144. The third kappa shape index (κ3) is 2.71. The van der Waals surface area contributed by atoms with Gasteiger partial charge in [-0.25, -0.2) is 0 Å². The first-order valence-electron chi connectivity index (χ1n) is 7.73. The molecule has 2 heterocycles. The summed E-state index contributed by atoms with van der Waals surface area (Å²) in [6.07, 6.45) is -3.75. The molecule has 2 aromatic carbocycles. The van der Waals surface area contributed by atoms with Crippen LogP contribution in [0, 0.1) is 0 Å². The van der Waals surface area contributed by atoms with E-state index in [0.29, 0.717) is 11.3 Å². The highest BCUT2D eigenvalue weighted by molar-refractivity contribution is 6.02. The van der Waals surface area contributed by atoms with Crippen LogP contribution in [-0.2, 0) is 0 Å². The van der Waals surface area contributed by atoms with E-state index in [1.54, 1.807) is 24.4 Å². The lowest BCUT2D eigenvalue weighted by Gasteiger charge is -2.38. The maximum absolute atomic E-state index is 13.1. The fraction of sp³-hybridized carbons (Fsp3) is 0.167. The van der Waals surface area contributed by atoms with E-state index in [1.807, 2.05) is 24.3 Å². The molecule has 0 bridgehead atoms. The van der Waals surface area contributed by atoms with Crippen LogP contribution in [0.5, 0.6) is 0 Å². The summed E-state index contributed by atoms with van der Waals surface area (Å²) in [6.45, 7) is -1.32. The van der Waals surface area contributed by atoms with Crippen molar-refractivity contribution in [1.82, 2.24) is 9.88 Å². The number of anilines is 1. The van der Waals surface area contributed by atoms with E-state index in [1.165, 1.54) is 6.07 Å². The van der Waals surface area contributed by atoms with Crippen molar-refractivity contribution in [3.63, 3.8) is 0 Å². The molecule has 1 atom stereocenters. The number of aromatic nitrogens is 1. The second-order valence-electron chi connectivity index (χ2n) is 5.93. The first kappa shape index (κ1) is 15.6. The van der Waals surface area contributed by atoms with Gasteiger partial charge in [-0.15, -0.1) is 0 Å². The topological polar surface area (TPSA) is 48.1 Å². The summed E-state index contributed by atoms with van der Waals surface area (Å²) in [6, 6.07) is 13.9. The second kappa shape index (κ2) is 5.54. The van der Waals surface area contributed by atoms with E-state index in [4.69, 9.17) is 0 Å². The molecule has 4 rings (SSSR count). The Balaban J connectivity index is 1.84. The van der Waals surface area contributed by atoms with E-state index in [9.17, 15) is 18.0 Å². The van der Waals surface area contributed by atoms with E-state index < -0.39 is 24.8 Å². The lowest BCUT2D eigenvalue weighted by atomic mass is 10.0. The number of hydrogen-bond donors (Lipinski definition) is 2. The van der Waals surface area contributed by atoms with E-state index >= 15 is 0 Å². The largest absolute Gasteiger partial charge is 0.406 e. The normalized spacial score (nSPS) is 17.5. The van der Waals surface area contributed by atoms with Crippen LogP contribution < -0.4 is 5.32 Å². The molecule has 1 aliphatic heterocycles. The standard InChI is InChI=1S/C18H14F3N3O/c19-18(20,21)10-24-16(13-9-22-14-7-3-1-5-11(13)14)23-15-8-4-2-6-12(15)17(24)25/h1-9,16,22-23H,10H2/t16-/m1/s1. The Kier molecular flexibility index (Phi) is 3.45. The molecule has 4 nitrogen and oxygen atoms in total. The number of amides is 1. The van der Waals surface area contributed by atoms with E-state index in [0.717, 1.165) is 15.8 Å². The third-order valence-electron chi connectivity index (χ3n) is 4.29. The monoisotopic (exact) mass is 345 g/mol. The number of halogens is 3. The van der Waals surface area contributed by atoms with E-state index in [-0.39, 0.29) is 5.56 Å². The number of carbonyl (C=O) groups excluding carboxylic acids is 1. The smallest absolute Gasteiger partial charge is 0.361 e. The highest BCUT2D eigenvalue weighted by Crippen LogP contribution is 2.37. The number of alkyl halides is 3. The summed E-state index contributed by atoms with van der Waals surface area (Å²) in [7, 11) is 0. The average Bonchev–Trinajstić information content (AvgIpc) is 3.00. The fourth-order valence-electron chi connectivity index (χ4n) is 3.21. The number of benzene rings is 2. The first-order chi connectivity index (χ1) is 11.9. The van der Waals surface area contributed by atoms with Gasteiger partial charge in [-0.05, 0) is 18.2 Å². The molecule has 1 aromatic heterocycles. The van der Waals surface area contributed by atoms with Crippen LogP contribution in [0.2, 0.25) is 0 Å². The van der Waals surface area contributed by atoms with Gasteiger partial charge in [0.1, 0.15) is 12.7 Å². The molecule has 0 spiro atoms. The zero-order valence-corrected chi connectivity index (χ0v) is 13.0. The Hall–Kier alpha value is -2.96. The SMILES string of the molecule is O=C1c2ccccc2N[C@@H](c2c[nH]c3ccccc23)N1CC(F)(F)F. The van der Waals surface area contributed by atoms with Gasteiger partial charge in [-0.1, -0.05) is 30.3 Å². The zero-order valence-electron chi connectivity index (χ0n) is 13.0. The minimum atomic E-state index is -4.49. The van der Waals surface area contributed by atoms with Crippen LogP contribution in [-0.4, -0.2) is 28.5 Å². The van der Waals surface area contributed by atoms with Crippen LogP contribution >= 0.6 is 0 Å². The molecule has 1 amide bonds. The van der Waals surface area contributed by atoms with Crippen molar-refractivity contribution in [3.05, 3.63) is 65.9 Å². The number of carbonyl (C=O) groups is 1. The molecule has 7 heteroatoms. The molecular formula is C18H14F3N3O. The summed E-state index contributed by atoms with van der Waals surface area (Å²) in [5.41, 5.74) is 2.17. The summed E-state index contributed by atoms with van der Waals surface area (Å²) >= 11 is 0. The van der Waals surface area contributed by atoms with Crippen molar-refractivity contribution < 1.29 is 18.0 Å². The molecule has 128 valence electrons. The van der Waals surface area contributed by atoms with Crippen molar-refractivity contribution >= 4 is 22.5 Å². The van der Waals surface area contributed by atoms with Gasteiger partial charge in [0.05, 0.1) is 5.56 Å². The van der Waals surface area contributed by atoms with Crippen LogP contribution in [0.1, 0.15) is 22.1 Å². The molecule has 1 aliphatic rings. The Morgan fingerprint density at radius 1 is 1.04 bits per heavy atom. The lowest BCUT2D eigenvalue weighted by Crippen LogP contribution is -2.47. The molecule has 0 radical (unpaired) electrons. The quantitative estimate of drug-likeness (QED) is 0.728. The number of aromatic amines is 1. The summed E-state index contributed by atoms with van der Waals surface area (Å²) < 4.78 is 39.3. The Bertz CT molecular complexity index is 948. The van der Waals surface area contributed by atoms with E-state index in [2.05, 4.69) is 10.3 Å². The van der Waals surface area contributed by atoms with Crippen LogP contribution in [0.4, 0.5) is 18.9 Å². The van der Waals surface area contributed by atoms with Crippen molar-refractivity contribution in [2.24, 2.45) is 0 Å². The van der Waals surface area contributed by atoms with Gasteiger partial charge in [-0.3, -0.25) is 4.79 Å². The Morgan fingerprint density at radius 2 is 1.76 bits per heavy atom. The molecule has 0 unspecified atom stereocenters. The maximum Gasteiger partial charge on any atom is 0.406 e. The van der Waals surface area contributed by atoms with Gasteiger partial charge in [0, 0.05) is 28.4 Å².